The van der Waals surface area contributed by atoms with Gasteiger partial charge in [0.15, 0.2) is 0 Å². The van der Waals surface area contributed by atoms with E-state index >= 15 is 0 Å². The third-order valence-corrected chi connectivity index (χ3v) is 3.49. The van der Waals surface area contributed by atoms with Crippen LogP contribution < -0.4 is 5.46 Å². The molecule has 3 rings (SSSR count). The summed E-state index contributed by atoms with van der Waals surface area (Å²) >= 11 is 0. The summed E-state index contributed by atoms with van der Waals surface area (Å²) in [6.45, 7) is 4.23. The molecule has 0 saturated heterocycles. The number of benzene rings is 2. The van der Waals surface area contributed by atoms with E-state index in [1.54, 1.807) is 6.07 Å². The van der Waals surface area contributed by atoms with Crippen LogP contribution in [-0.4, -0.2) is 17.2 Å². The van der Waals surface area contributed by atoms with E-state index in [9.17, 15) is 10.0 Å². The molecule has 0 saturated carbocycles. The predicted octanol–water partition coefficient (Wildman–Crippen LogP) is 2.39. The van der Waals surface area contributed by atoms with Crippen molar-refractivity contribution in [3.05, 3.63) is 42.0 Å². The van der Waals surface area contributed by atoms with E-state index in [0.717, 1.165) is 21.9 Å². The third-order valence-electron chi connectivity index (χ3n) is 3.49. The van der Waals surface area contributed by atoms with Crippen molar-refractivity contribution in [3.8, 4) is 0 Å². The number of fused-ring (bicyclic) bond motifs is 3. The summed E-state index contributed by atoms with van der Waals surface area (Å²) in [6.07, 6.45) is 0. The predicted molar refractivity (Wildman–Crippen MR) is 77.6 cm³/mol. The van der Waals surface area contributed by atoms with E-state index < -0.39 is 7.12 Å². The first-order valence-electron chi connectivity index (χ1n) is 6.39. The molecule has 0 spiro atoms. The molecule has 0 aliphatic carbocycles. The molecule has 3 aromatic rings. The van der Waals surface area contributed by atoms with Gasteiger partial charge in [-0.1, -0.05) is 50.2 Å². The van der Waals surface area contributed by atoms with E-state index in [1.807, 2.05) is 30.3 Å². The fourth-order valence-electron chi connectivity index (χ4n) is 2.52. The summed E-state index contributed by atoms with van der Waals surface area (Å²) in [5, 5.41) is 20.8. The van der Waals surface area contributed by atoms with Crippen molar-refractivity contribution in [2.45, 2.75) is 19.8 Å². The Labute approximate surface area is 111 Å². The molecule has 3 nitrogen and oxygen atoms in total. The number of para-hydroxylation sites is 2. The van der Waals surface area contributed by atoms with Crippen molar-refractivity contribution >= 4 is 34.5 Å². The zero-order chi connectivity index (χ0) is 13.6. The minimum atomic E-state index is -1.52. The highest BCUT2D eigenvalue weighted by molar-refractivity contribution is 6.61. The maximum atomic E-state index is 9.42. The van der Waals surface area contributed by atoms with Crippen molar-refractivity contribution in [2.24, 2.45) is 0 Å². The van der Waals surface area contributed by atoms with Crippen LogP contribution in [0, 0.1) is 0 Å². The van der Waals surface area contributed by atoms with Crippen LogP contribution >= 0.6 is 0 Å². The van der Waals surface area contributed by atoms with Gasteiger partial charge in [-0.15, -0.1) is 0 Å². The highest BCUT2D eigenvalue weighted by atomic mass is 16.4. The first-order valence-corrected chi connectivity index (χ1v) is 6.39. The van der Waals surface area contributed by atoms with E-state index in [4.69, 9.17) is 4.42 Å². The van der Waals surface area contributed by atoms with E-state index in [-0.39, 0.29) is 0 Å². The summed E-state index contributed by atoms with van der Waals surface area (Å²) in [5.41, 5.74) is 2.93. The molecule has 0 unspecified atom stereocenters. The fraction of sp³-hybridized carbons (Fsp3) is 0.200. The van der Waals surface area contributed by atoms with E-state index in [0.29, 0.717) is 17.0 Å². The molecule has 0 aliphatic heterocycles. The van der Waals surface area contributed by atoms with Crippen molar-refractivity contribution in [2.75, 3.05) is 0 Å². The van der Waals surface area contributed by atoms with E-state index in [2.05, 4.69) is 13.8 Å². The van der Waals surface area contributed by atoms with Gasteiger partial charge in [-0.25, -0.2) is 0 Å². The van der Waals surface area contributed by atoms with Gasteiger partial charge in [0.2, 0.25) is 0 Å². The van der Waals surface area contributed by atoms with Gasteiger partial charge in [-0.05, 0) is 11.5 Å². The summed E-state index contributed by atoms with van der Waals surface area (Å²) < 4.78 is 5.92. The average molecular weight is 254 g/mol. The Morgan fingerprint density at radius 3 is 2.21 bits per heavy atom. The van der Waals surface area contributed by atoms with Gasteiger partial charge in [0.25, 0.3) is 0 Å². The second kappa shape index (κ2) is 4.40. The minimum Gasteiger partial charge on any atom is -0.456 e. The summed E-state index contributed by atoms with van der Waals surface area (Å²) in [6, 6.07) is 11.5. The number of hydrogen-bond donors (Lipinski definition) is 2. The zero-order valence-corrected chi connectivity index (χ0v) is 10.9. The molecular formula is C15H15BO3. The van der Waals surface area contributed by atoms with E-state index in [1.165, 1.54) is 0 Å². The Morgan fingerprint density at radius 2 is 1.58 bits per heavy atom. The Morgan fingerprint density at radius 1 is 0.947 bits per heavy atom. The van der Waals surface area contributed by atoms with Gasteiger partial charge in [-0.2, -0.15) is 0 Å². The van der Waals surface area contributed by atoms with Gasteiger partial charge in [0, 0.05) is 16.2 Å². The molecule has 0 amide bonds. The second-order valence-electron chi connectivity index (χ2n) is 5.08. The smallest absolute Gasteiger partial charge is 0.456 e. The van der Waals surface area contributed by atoms with Gasteiger partial charge < -0.3 is 14.5 Å². The molecule has 2 N–H and O–H groups in total. The summed E-state index contributed by atoms with van der Waals surface area (Å²) in [5.74, 6) is 0.353. The van der Waals surface area contributed by atoms with Crippen LogP contribution in [0.2, 0.25) is 0 Å². The monoisotopic (exact) mass is 254 g/mol. The third kappa shape index (κ3) is 1.84. The molecule has 0 radical (unpaired) electrons. The normalized spacial score (nSPS) is 11.6. The molecule has 96 valence electrons. The molecular weight excluding hydrogens is 239 g/mol. The molecule has 0 aliphatic rings. The lowest BCUT2D eigenvalue weighted by Gasteiger charge is -2.04. The molecule has 1 aromatic heterocycles. The Kier molecular flexibility index (Phi) is 2.84. The largest absolute Gasteiger partial charge is 0.492 e. The van der Waals surface area contributed by atoms with Crippen LogP contribution in [0.3, 0.4) is 0 Å². The molecule has 19 heavy (non-hydrogen) atoms. The minimum absolute atomic E-state index is 0.353. The maximum Gasteiger partial charge on any atom is 0.492 e. The first kappa shape index (κ1) is 12.3. The fourth-order valence-corrected chi connectivity index (χ4v) is 2.52. The molecule has 0 fully saturated rings. The van der Waals surface area contributed by atoms with Crippen molar-refractivity contribution < 1.29 is 14.5 Å². The SMILES string of the molecule is CC(C)c1cccc2c1oc1c(B(O)O)cccc12. The number of furan rings is 1. The van der Waals surface area contributed by atoms with Crippen LogP contribution in [0.1, 0.15) is 25.3 Å². The highest BCUT2D eigenvalue weighted by Crippen LogP contribution is 2.32. The molecule has 1 heterocycles. The number of hydrogen-bond acceptors (Lipinski definition) is 3. The topological polar surface area (TPSA) is 53.6 Å². The Bertz CT molecular complexity index is 681. The standard InChI is InChI=1S/C15H15BO3/c1-9(2)10-5-3-6-11-12-7-4-8-13(16(17)18)15(12)19-14(10)11/h3-9,17-18H,1-2H3. The molecule has 2 aromatic carbocycles. The molecule has 4 heteroatoms. The first-order chi connectivity index (χ1) is 9.09. The summed E-state index contributed by atoms with van der Waals surface area (Å²) in [7, 11) is -1.52. The van der Waals surface area contributed by atoms with Crippen molar-refractivity contribution in [3.63, 3.8) is 0 Å². The molecule has 0 atom stereocenters. The lowest BCUT2D eigenvalue weighted by molar-refractivity contribution is 0.425. The van der Waals surface area contributed by atoms with Crippen molar-refractivity contribution in [1.29, 1.82) is 0 Å². The van der Waals surface area contributed by atoms with Gasteiger partial charge in [0.1, 0.15) is 11.2 Å². The van der Waals surface area contributed by atoms with Crippen LogP contribution in [0.5, 0.6) is 0 Å². The molecule has 0 bridgehead atoms. The van der Waals surface area contributed by atoms with Crippen LogP contribution in [0.4, 0.5) is 0 Å². The lowest BCUT2D eigenvalue weighted by Crippen LogP contribution is -2.29. The average Bonchev–Trinajstić information content (AvgIpc) is 2.76. The van der Waals surface area contributed by atoms with Crippen LogP contribution in [0.25, 0.3) is 21.9 Å². The van der Waals surface area contributed by atoms with Crippen molar-refractivity contribution in [1.82, 2.24) is 0 Å². The van der Waals surface area contributed by atoms with Crippen LogP contribution in [-0.2, 0) is 0 Å². The highest BCUT2D eigenvalue weighted by Gasteiger charge is 2.20. The maximum absolute atomic E-state index is 9.42. The number of rotatable bonds is 2. The lowest BCUT2D eigenvalue weighted by atomic mass is 9.79. The van der Waals surface area contributed by atoms with Gasteiger partial charge >= 0.3 is 7.12 Å². The zero-order valence-electron chi connectivity index (χ0n) is 10.9. The van der Waals surface area contributed by atoms with Gasteiger partial charge in [-0.3, -0.25) is 0 Å². The Hall–Kier alpha value is -1.78. The summed E-state index contributed by atoms with van der Waals surface area (Å²) in [4.78, 5) is 0. The second-order valence-corrected chi connectivity index (χ2v) is 5.08. The quantitative estimate of drug-likeness (QED) is 0.690. The Balaban J connectivity index is 2.44. The van der Waals surface area contributed by atoms with Gasteiger partial charge in [0.05, 0.1) is 0 Å². The van der Waals surface area contributed by atoms with Crippen LogP contribution in [0.15, 0.2) is 40.8 Å².